The summed E-state index contributed by atoms with van der Waals surface area (Å²) in [5.74, 6) is 0. The van der Waals surface area contributed by atoms with Gasteiger partial charge in [0.25, 0.3) is 0 Å². The molecule has 1 aromatic carbocycles. The second-order valence-corrected chi connectivity index (χ2v) is 9.22. The Morgan fingerprint density at radius 1 is 1.32 bits per heavy atom. The van der Waals surface area contributed by atoms with Gasteiger partial charge in [0.2, 0.25) is 20.1 Å². The van der Waals surface area contributed by atoms with Crippen molar-refractivity contribution in [1.82, 2.24) is 19.3 Å². The third-order valence-corrected chi connectivity index (χ3v) is 6.01. The highest BCUT2D eigenvalue weighted by Gasteiger charge is 2.27. The molecule has 1 atom stereocenters. The monoisotopic (exact) mass is 397 g/mol. The highest BCUT2D eigenvalue weighted by Crippen LogP contribution is 2.29. The Labute approximate surface area is 154 Å². The fourth-order valence-electron chi connectivity index (χ4n) is 2.91. The molecular formula is C15H16ClN5O2S2. The lowest BCUT2D eigenvalue weighted by molar-refractivity contribution is 0.567. The van der Waals surface area contributed by atoms with Gasteiger partial charge in [0.15, 0.2) is 0 Å². The molecule has 1 fully saturated rings. The van der Waals surface area contributed by atoms with Crippen LogP contribution in [0.15, 0.2) is 30.5 Å². The molecule has 1 N–H and O–H groups in total. The molecule has 3 heterocycles. The number of fused-ring (bicyclic) bond motifs is 1. The van der Waals surface area contributed by atoms with E-state index >= 15 is 0 Å². The van der Waals surface area contributed by atoms with Crippen LogP contribution in [0.3, 0.4) is 0 Å². The molecule has 3 aromatic rings. The Morgan fingerprint density at radius 2 is 2.08 bits per heavy atom. The number of sulfonamides is 1. The molecule has 1 unspecified atom stereocenters. The van der Waals surface area contributed by atoms with Crippen LogP contribution >= 0.6 is 22.9 Å². The van der Waals surface area contributed by atoms with Crippen molar-refractivity contribution in [2.45, 2.75) is 12.5 Å². The van der Waals surface area contributed by atoms with Gasteiger partial charge in [0, 0.05) is 29.7 Å². The highest BCUT2D eigenvalue weighted by atomic mass is 35.5. The number of nitrogens with one attached hydrogen (secondary N) is 1. The number of hydrogen-bond donors (Lipinski definition) is 1. The summed E-state index contributed by atoms with van der Waals surface area (Å²) in [4.78, 5) is 7.51. The van der Waals surface area contributed by atoms with Crippen molar-refractivity contribution >= 4 is 43.1 Å². The van der Waals surface area contributed by atoms with Gasteiger partial charge >= 0.3 is 0 Å². The van der Waals surface area contributed by atoms with Crippen LogP contribution in [0.5, 0.6) is 0 Å². The molecule has 1 aliphatic heterocycles. The van der Waals surface area contributed by atoms with E-state index in [9.17, 15) is 8.42 Å². The molecule has 0 saturated carbocycles. The minimum atomic E-state index is -3.19. The van der Waals surface area contributed by atoms with E-state index < -0.39 is 10.0 Å². The highest BCUT2D eigenvalue weighted by molar-refractivity contribution is 7.88. The fraction of sp³-hybridized carbons (Fsp3) is 0.333. The largest absolute Gasteiger partial charge is 0.345 e. The molecule has 4 rings (SSSR count). The van der Waals surface area contributed by atoms with Crippen LogP contribution in [-0.2, 0) is 10.0 Å². The number of anilines is 1. The van der Waals surface area contributed by atoms with Gasteiger partial charge in [-0.25, -0.2) is 22.6 Å². The number of halogens is 1. The second-order valence-electron chi connectivity index (χ2n) is 6.07. The van der Waals surface area contributed by atoms with Crippen LogP contribution < -0.4 is 9.62 Å². The third kappa shape index (κ3) is 3.64. The van der Waals surface area contributed by atoms with Crippen molar-refractivity contribution in [3.05, 3.63) is 35.5 Å². The Balaban J connectivity index is 1.53. The SMILES string of the molecule is CS(=O)(=O)NC1CCN(c2nn3cc(-c4ccc(Cl)cc4)nc3s2)C1. The lowest BCUT2D eigenvalue weighted by Gasteiger charge is -2.14. The van der Waals surface area contributed by atoms with Crippen molar-refractivity contribution < 1.29 is 8.42 Å². The van der Waals surface area contributed by atoms with Crippen LogP contribution in [0.1, 0.15) is 6.42 Å². The standard InChI is InChI=1S/C15H16ClN5O2S2/c1-25(22,23)19-12-6-7-20(8-12)15-18-21-9-13(17-14(21)24-15)10-2-4-11(16)5-3-10/h2-5,9,12,19H,6-8H2,1H3. The Kier molecular flexibility index (Phi) is 4.19. The molecule has 0 spiro atoms. The second kappa shape index (κ2) is 6.24. The van der Waals surface area contributed by atoms with Crippen molar-refractivity contribution in [2.75, 3.05) is 24.2 Å². The molecule has 0 bridgehead atoms. The average molecular weight is 398 g/mol. The zero-order chi connectivity index (χ0) is 17.6. The molecule has 2 aromatic heterocycles. The van der Waals surface area contributed by atoms with Gasteiger partial charge in [-0.15, -0.1) is 5.10 Å². The maximum absolute atomic E-state index is 11.4. The first-order valence-corrected chi connectivity index (χ1v) is 10.8. The maximum atomic E-state index is 11.4. The van der Waals surface area contributed by atoms with Crippen molar-refractivity contribution in [1.29, 1.82) is 0 Å². The van der Waals surface area contributed by atoms with E-state index in [2.05, 4.69) is 19.7 Å². The summed E-state index contributed by atoms with van der Waals surface area (Å²) in [5, 5.41) is 6.13. The number of imidazole rings is 1. The molecule has 0 aliphatic carbocycles. The fourth-order valence-corrected chi connectivity index (χ4v) is 4.75. The van der Waals surface area contributed by atoms with E-state index in [1.54, 1.807) is 4.52 Å². The van der Waals surface area contributed by atoms with Gasteiger partial charge in [0.1, 0.15) is 0 Å². The Hall–Kier alpha value is -1.68. The first-order valence-electron chi connectivity index (χ1n) is 7.72. The first kappa shape index (κ1) is 16.8. The van der Waals surface area contributed by atoms with E-state index in [0.717, 1.165) is 34.3 Å². The number of aromatic nitrogens is 3. The number of nitrogens with zero attached hydrogens (tertiary/aromatic N) is 4. The van der Waals surface area contributed by atoms with E-state index in [-0.39, 0.29) is 6.04 Å². The molecule has 132 valence electrons. The van der Waals surface area contributed by atoms with Gasteiger partial charge in [0.05, 0.1) is 18.1 Å². The van der Waals surface area contributed by atoms with Gasteiger partial charge in [-0.1, -0.05) is 35.1 Å². The Morgan fingerprint density at radius 3 is 2.76 bits per heavy atom. The minimum absolute atomic E-state index is 0.0733. The molecule has 0 radical (unpaired) electrons. The van der Waals surface area contributed by atoms with Crippen LogP contribution in [0.25, 0.3) is 16.2 Å². The van der Waals surface area contributed by atoms with Crippen molar-refractivity contribution in [3.8, 4) is 11.3 Å². The summed E-state index contributed by atoms with van der Waals surface area (Å²) in [5.41, 5.74) is 1.84. The smallest absolute Gasteiger partial charge is 0.214 e. The zero-order valence-electron chi connectivity index (χ0n) is 13.4. The lowest BCUT2D eigenvalue weighted by Crippen LogP contribution is -2.36. The Bertz CT molecular complexity index is 981. The minimum Gasteiger partial charge on any atom is -0.345 e. The van der Waals surface area contributed by atoms with Gasteiger partial charge in [-0.05, 0) is 18.6 Å². The predicted octanol–water partition coefficient (Wildman–Crippen LogP) is 2.24. The van der Waals surface area contributed by atoms with Crippen LogP contribution in [0, 0.1) is 0 Å². The van der Waals surface area contributed by atoms with Gasteiger partial charge in [-0.2, -0.15) is 0 Å². The third-order valence-electron chi connectivity index (χ3n) is 4.01. The van der Waals surface area contributed by atoms with Gasteiger partial charge < -0.3 is 4.90 Å². The summed E-state index contributed by atoms with van der Waals surface area (Å²) >= 11 is 7.41. The number of rotatable bonds is 4. The molecule has 0 amide bonds. The van der Waals surface area contributed by atoms with Crippen LogP contribution in [0.4, 0.5) is 5.13 Å². The first-order chi connectivity index (χ1) is 11.9. The quantitative estimate of drug-likeness (QED) is 0.730. The molecular weight excluding hydrogens is 382 g/mol. The summed E-state index contributed by atoms with van der Waals surface area (Å²) in [6, 6.07) is 7.45. The van der Waals surface area contributed by atoms with Crippen LogP contribution in [0.2, 0.25) is 5.02 Å². The summed E-state index contributed by atoms with van der Waals surface area (Å²) in [6.07, 6.45) is 3.84. The van der Waals surface area contributed by atoms with Crippen molar-refractivity contribution in [2.24, 2.45) is 0 Å². The molecule has 7 nitrogen and oxygen atoms in total. The van der Waals surface area contributed by atoms with E-state index in [0.29, 0.717) is 11.6 Å². The number of benzene rings is 1. The number of hydrogen-bond acceptors (Lipinski definition) is 6. The van der Waals surface area contributed by atoms with Crippen molar-refractivity contribution in [3.63, 3.8) is 0 Å². The topological polar surface area (TPSA) is 79.6 Å². The van der Waals surface area contributed by atoms with Crippen LogP contribution in [-0.4, -0.2) is 48.4 Å². The predicted molar refractivity (Wildman–Crippen MR) is 99.9 cm³/mol. The average Bonchev–Trinajstić information content (AvgIpc) is 3.20. The zero-order valence-corrected chi connectivity index (χ0v) is 15.8. The van der Waals surface area contributed by atoms with E-state index in [1.807, 2.05) is 30.5 Å². The molecule has 1 aliphatic rings. The van der Waals surface area contributed by atoms with Gasteiger partial charge in [-0.3, -0.25) is 0 Å². The molecule has 1 saturated heterocycles. The molecule has 10 heteroatoms. The van der Waals surface area contributed by atoms with E-state index in [1.165, 1.54) is 17.6 Å². The molecule has 25 heavy (non-hydrogen) atoms. The normalized spacial score (nSPS) is 18.3. The summed E-state index contributed by atoms with van der Waals surface area (Å²) in [7, 11) is -3.19. The maximum Gasteiger partial charge on any atom is 0.214 e. The lowest BCUT2D eigenvalue weighted by atomic mass is 10.2. The summed E-state index contributed by atoms with van der Waals surface area (Å²) < 4.78 is 27.1. The summed E-state index contributed by atoms with van der Waals surface area (Å²) in [6.45, 7) is 1.39. The van der Waals surface area contributed by atoms with E-state index in [4.69, 9.17) is 11.6 Å².